The minimum Gasteiger partial charge on any atom is -0.465 e. The maximum atomic E-state index is 11.6. The Kier molecular flexibility index (Phi) is 5.20. The van der Waals surface area contributed by atoms with E-state index in [-0.39, 0.29) is 6.61 Å². The van der Waals surface area contributed by atoms with E-state index in [9.17, 15) is 15.0 Å². The van der Waals surface area contributed by atoms with Crippen LogP contribution in [0.25, 0.3) is 33.3 Å². The monoisotopic (exact) mass is 448 g/mol. The zero-order valence-corrected chi connectivity index (χ0v) is 18.8. The molecule has 0 aliphatic carbocycles. The highest BCUT2D eigenvalue weighted by molar-refractivity contribution is 6.07. The number of rotatable bonds is 5. The van der Waals surface area contributed by atoms with Crippen molar-refractivity contribution in [3.63, 3.8) is 0 Å². The summed E-state index contributed by atoms with van der Waals surface area (Å²) in [5.74, 6) is 0.718. The van der Waals surface area contributed by atoms with Crippen molar-refractivity contribution < 1.29 is 15.0 Å². The van der Waals surface area contributed by atoms with Crippen LogP contribution in [-0.4, -0.2) is 67.5 Å². The van der Waals surface area contributed by atoms with Gasteiger partial charge in [0.1, 0.15) is 11.2 Å². The zero-order valence-electron chi connectivity index (χ0n) is 18.8. The highest BCUT2D eigenvalue weighted by atomic mass is 16.4. The number of benzene rings is 1. The van der Waals surface area contributed by atoms with Crippen molar-refractivity contribution in [1.82, 2.24) is 24.4 Å². The average molecular weight is 449 g/mol. The van der Waals surface area contributed by atoms with Gasteiger partial charge in [0, 0.05) is 49.2 Å². The smallest absolute Gasteiger partial charge is 0.407 e. The Balaban J connectivity index is 1.59. The van der Waals surface area contributed by atoms with Crippen molar-refractivity contribution in [3.05, 3.63) is 42.2 Å². The Morgan fingerprint density at radius 1 is 1.33 bits per heavy atom. The summed E-state index contributed by atoms with van der Waals surface area (Å²) in [6, 6.07) is 10.2. The molecular weight excluding hydrogens is 420 g/mol. The molecule has 0 saturated carbocycles. The van der Waals surface area contributed by atoms with E-state index in [2.05, 4.69) is 33.5 Å². The average Bonchev–Trinajstić information content (AvgIpc) is 3.42. The standard InChI is InChI=1S/C24H28N6O3/c1-25-22-19-20(29(2)14-26-19)17-10-18(27-21(17)28-22)16-7-4-3-6-15(16)11-24(13-31)8-5-9-30(12-24)23(32)33/h3-4,6-7,10,14,31H,5,8-9,11-13H2,1-2H3,(H,32,33)(H2,25,27,28). The van der Waals surface area contributed by atoms with Crippen LogP contribution in [0, 0.1) is 5.41 Å². The van der Waals surface area contributed by atoms with Crippen molar-refractivity contribution in [3.8, 4) is 11.3 Å². The van der Waals surface area contributed by atoms with Gasteiger partial charge in [0.15, 0.2) is 5.82 Å². The molecule has 1 saturated heterocycles. The number of aromatic nitrogens is 4. The Hall–Kier alpha value is -3.59. The van der Waals surface area contributed by atoms with Gasteiger partial charge in [-0.1, -0.05) is 24.3 Å². The summed E-state index contributed by atoms with van der Waals surface area (Å²) < 4.78 is 1.99. The van der Waals surface area contributed by atoms with E-state index >= 15 is 0 Å². The molecule has 1 unspecified atom stereocenters. The molecule has 1 aliphatic rings. The maximum Gasteiger partial charge on any atom is 0.407 e. The van der Waals surface area contributed by atoms with Crippen molar-refractivity contribution in [2.45, 2.75) is 19.3 Å². The quantitative estimate of drug-likeness (QED) is 0.371. The molecule has 9 heteroatoms. The third-order valence-electron chi connectivity index (χ3n) is 6.81. The van der Waals surface area contributed by atoms with Gasteiger partial charge in [-0.3, -0.25) is 0 Å². The zero-order chi connectivity index (χ0) is 23.2. The van der Waals surface area contributed by atoms with Gasteiger partial charge in [0.2, 0.25) is 0 Å². The number of H-pyrrole nitrogens is 1. The third kappa shape index (κ3) is 3.58. The number of aryl methyl sites for hydroxylation is 1. The molecule has 1 amide bonds. The topological polar surface area (TPSA) is 119 Å². The number of hydrogen-bond donors (Lipinski definition) is 4. The van der Waals surface area contributed by atoms with Crippen molar-refractivity contribution in [2.75, 3.05) is 32.1 Å². The second kappa shape index (κ2) is 8.08. The number of nitrogens with one attached hydrogen (secondary N) is 2. The highest BCUT2D eigenvalue weighted by Gasteiger charge is 2.37. The summed E-state index contributed by atoms with van der Waals surface area (Å²) in [6.07, 6.45) is 2.99. The van der Waals surface area contributed by atoms with Gasteiger partial charge >= 0.3 is 6.09 Å². The molecule has 1 fully saturated rings. The first-order valence-corrected chi connectivity index (χ1v) is 11.1. The molecule has 0 spiro atoms. The lowest BCUT2D eigenvalue weighted by Gasteiger charge is -2.41. The van der Waals surface area contributed by atoms with Crippen LogP contribution in [0.4, 0.5) is 10.6 Å². The maximum absolute atomic E-state index is 11.6. The first-order chi connectivity index (χ1) is 15.9. The summed E-state index contributed by atoms with van der Waals surface area (Å²) in [6.45, 7) is 0.796. The molecule has 33 heavy (non-hydrogen) atoms. The fourth-order valence-corrected chi connectivity index (χ4v) is 5.16. The van der Waals surface area contributed by atoms with Crippen molar-refractivity contribution >= 4 is 34.0 Å². The molecule has 0 bridgehead atoms. The molecule has 172 valence electrons. The highest BCUT2D eigenvalue weighted by Crippen LogP contribution is 2.38. The van der Waals surface area contributed by atoms with Gasteiger partial charge in [-0.2, -0.15) is 0 Å². The Bertz CT molecular complexity index is 1340. The minimum absolute atomic E-state index is 0.0550. The second-order valence-electron chi connectivity index (χ2n) is 9.01. The molecule has 1 aromatic carbocycles. The van der Waals surface area contributed by atoms with Crippen LogP contribution < -0.4 is 5.32 Å². The number of carbonyl (C=O) groups is 1. The number of imidazole rings is 1. The molecule has 4 heterocycles. The largest absolute Gasteiger partial charge is 0.465 e. The molecule has 1 aliphatic heterocycles. The van der Waals surface area contributed by atoms with Gasteiger partial charge in [-0.05, 0) is 30.9 Å². The molecule has 4 N–H and O–H groups in total. The number of fused-ring (bicyclic) bond motifs is 3. The molecular formula is C24H28N6O3. The van der Waals surface area contributed by atoms with E-state index in [1.54, 1.807) is 6.33 Å². The van der Waals surface area contributed by atoms with Gasteiger partial charge in [-0.15, -0.1) is 0 Å². The number of anilines is 1. The molecule has 3 aromatic heterocycles. The van der Waals surface area contributed by atoms with Crippen LogP contribution in [-0.2, 0) is 13.5 Å². The summed E-state index contributed by atoms with van der Waals surface area (Å²) in [4.78, 5) is 25.7. The second-order valence-corrected chi connectivity index (χ2v) is 9.01. The predicted octanol–water partition coefficient (Wildman–Crippen LogP) is 3.45. The van der Waals surface area contributed by atoms with E-state index in [0.29, 0.717) is 19.5 Å². The predicted molar refractivity (Wildman–Crippen MR) is 127 cm³/mol. The first kappa shape index (κ1) is 21.3. The summed E-state index contributed by atoms with van der Waals surface area (Å²) in [5.41, 5.74) is 5.13. The Morgan fingerprint density at radius 2 is 2.15 bits per heavy atom. The van der Waals surface area contributed by atoms with E-state index in [0.717, 1.165) is 57.5 Å². The van der Waals surface area contributed by atoms with E-state index in [4.69, 9.17) is 4.98 Å². The van der Waals surface area contributed by atoms with Crippen molar-refractivity contribution in [2.24, 2.45) is 12.5 Å². The van der Waals surface area contributed by atoms with Gasteiger partial charge in [-0.25, -0.2) is 14.8 Å². The normalized spacial score (nSPS) is 18.8. The molecule has 4 aromatic rings. The molecule has 9 nitrogen and oxygen atoms in total. The number of aliphatic hydroxyl groups is 1. The number of aliphatic hydroxyl groups excluding tert-OH is 1. The molecule has 1 atom stereocenters. The van der Waals surface area contributed by atoms with Crippen LogP contribution in [0.1, 0.15) is 18.4 Å². The van der Waals surface area contributed by atoms with E-state index in [1.807, 2.05) is 30.8 Å². The number of hydrogen-bond acceptors (Lipinski definition) is 5. The first-order valence-electron chi connectivity index (χ1n) is 11.1. The van der Waals surface area contributed by atoms with Gasteiger partial charge < -0.3 is 30.0 Å². The van der Waals surface area contributed by atoms with Crippen molar-refractivity contribution in [1.29, 1.82) is 0 Å². The van der Waals surface area contributed by atoms with E-state index < -0.39 is 11.5 Å². The van der Waals surface area contributed by atoms with Crippen LogP contribution in [0.3, 0.4) is 0 Å². The summed E-state index contributed by atoms with van der Waals surface area (Å²) in [5, 5.41) is 23.9. The fraction of sp³-hybridized carbons (Fsp3) is 0.375. The Labute approximate surface area is 191 Å². The number of aromatic amines is 1. The lowest BCUT2D eigenvalue weighted by atomic mass is 9.75. The third-order valence-corrected chi connectivity index (χ3v) is 6.81. The minimum atomic E-state index is -0.928. The number of amides is 1. The van der Waals surface area contributed by atoms with Gasteiger partial charge in [0.05, 0.1) is 18.5 Å². The number of nitrogens with zero attached hydrogens (tertiary/aromatic N) is 4. The lowest BCUT2D eigenvalue weighted by Crippen LogP contribution is -2.48. The van der Waals surface area contributed by atoms with Crippen LogP contribution in [0.15, 0.2) is 36.7 Å². The number of piperidine rings is 1. The number of pyridine rings is 1. The lowest BCUT2D eigenvalue weighted by molar-refractivity contribution is 0.0346. The van der Waals surface area contributed by atoms with Crippen LogP contribution in [0.5, 0.6) is 0 Å². The van der Waals surface area contributed by atoms with Crippen LogP contribution in [0.2, 0.25) is 0 Å². The summed E-state index contributed by atoms with van der Waals surface area (Å²) in [7, 11) is 3.80. The van der Waals surface area contributed by atoms with E-state index in [1.165, 1.54) is 4.90 Å². The SMILES string of the molecule is CNc1nc2[nH]c(-c3ccccc3CC3(CO)CCCN(C(=O)O)C3)cc2c2c1ncn2C. The number of likely N-dealkylation sites (tertiary alicyclic amines) is 1. The Morgan fingerprint density at radius 3 is 2.91 bits per heavy atom. The molecule has 0 radical (unpaired) electrons. The van der Waals surface area contributed by atoms with Crippen LogP contribution >= 0.6 is 0 Å². The summed E-state index contributed by atoms with van der Waals surface area (Å²) >= 11 is 0. The number of carboxylic acid groups (broad SMARTS) is 1. The van der Waals surface area contributed by atoms with Gasteiger partial charge in [0.25, 0.3) is 0 Å². The fourth-order valence-electron chi connectivity index (χ4n) is 5.16. The molecule has 5 rings (SSSR count).